The highest BCUT2D eigenvalue weighted by molar-refractivity contribution is 7.34. The highest BCUT2D eigenvalue weighted by Crippen LogP contribution is 2.37. The Labute approximate surface area is 120 Å². The number of aryl methyl sites for hydroxylation is 1. The van der Waals surface area contributed by atoms with Gasteiger partial charge in [-0.25, -0.2) is 0 Å². The van der Waals surface area contributed by atoms with Crippen molar-refractivity contribution >= 4 is 8.81 Å². The van der Waals surface area contributed by atoms with Crippen LogP contribution in [0, 0.1) is 6.92 Å². The predicted molar refractivity (Wildman–Crippen MR) is 86.4 cm³/mol. The molecule has 1 aromatic rings. The predicted octanol–water partition coefficient (Wildman–Crippen LogP) is 5.54. The fourth-order valence-corrected chi connectivity index (χ4v) is 1.91. The molecular formula is C16H29O2P. The second kappa shape index (κ2) is 7.87. The molecule has 0 aromatic heterocycles. The van der Waals surface area contributed by atoms with Crippen LogP contribution >= 0.6 is 8.81 Å². The van der Waals surface area contributed by atoms with E-state index >= 15 is 0 Å². The van der Waals surface area contributed by atoms with Gasteiger partial charge in [-0.3, -0.25) is 0 Å². The first kappa shape index (κ1) is 18.4. The normalized spacial score (nSPS) is 12.2. The lowest BCUT2D eigenvalue weighted by Crippen LogP contribution is -2.25. The van der Waals surface area contributed by atoms with E-state index in [1.165, 1.54) is 5.56 Å². The lowest BCUT2D eigenvalue weighted by atomic mass is 10.2. The van der Waals surface area contributed by atoms with Crippen LogP contribution in [0.15, 0.2) is 24.3 Å². The van der Waals surface area contributed by atoms with Crippen molar-refractivity contribution in [2.45, 2.75) is 66.3 Å². The molecule has 19 heavy (non-hydrogen) atoms. The largest absolute Gasteiger partial charge is 0.481 e. The van der Waals surface area contributed by atoms with E-state index in [4.69, 9.17) is 9.26 Å². The summed E-state index contributed by atoms with van der Waals surface area (Å²) >= 11 is 0. The van der Waals surface area contributed by atoms with Crippen molar-refractivity contribution in [1.82, 2.24) is 0 Å². The van der Waals surface area contributed by atoms with Gasteiger partial charge in [-0.15, -0.1) is 0 Å². The van der Waals surface area contributed by atoms with Crippen LogP contribution in [0.4, 0.5) is 0 Å². The molecule has 110 valence electrons. The van der Waals surface area contributed by atoms with E-state index in [2.05, 4.69) is 53.7 Å². The minimum absolute atomic E-state index is 0.119. The molecule has 1 atom stereocenters. The molecule has 0 spiro atoms. The van der Waals surface area contributed by atoms with Gasteiger partial charge in [0.05, 0.1) is 14.4 Å². The molecule has 3 heteroatoms. The van der Waals surface area contributed by atoms with Crippen LogP contribution in [0.1, 0.15) is 54.0 Å². The number of benzene rings is 1. The molecule has 1 rings (SSSR count). The van der Waals surface area contributed by atoms with Crippen LogP contribution in [0.25, 0.3) is 0 Å². The Bertz CT molecular complexity index is 350. The van der Waals surface area contributed by atoms with Crippen molar-refractivity contribution < 1.29 is 9.26 Å². The van der Waals surface area contributed by atoms with Crippen molar-refractivity contribution in [1.29, 1.82) is 0 Å². The summed E-state index contributed by atoms with van der Waals surface area (Å²) in [6.07, 6.45) is 0. The summed E-state index contributed by atoms with van der Waals surface area (Å²) in [5.74, 6) is 0.894. The van der Waals surface area contributed by atoms with Crippen LogP contribution in [-0.2, 0) is 4.52 Å². The lowest BCUT2D eigenvalue weighted by molar-refractivity contribution is 0.124. The number of rotatable bonds is 4. The molecule has 0 aliphatic carbocycles. The smallest absolute Gasteiger partial charge is 0.144 e. The van der Waals surface area contributed by atoms with Crippen LogP contribution in [0.3, 0.4) is 0 Å². The first-order valence-electron chi connectivity index (χ1n) is 6.89. The van der Waals surface area contributed by atoms with E-state index in [1.54, 1.807) is 0 Å². The van der Waals surface area contributed by atoms with Crippen molar-refractivity contribution in [3.63, 3.8) is 0 Å². The third-order valence-electron chi connectivity index (χ3n) is 2.00. The van der Waals surface area contributed by atoms with E-state index in [0.29, 0.717) is 8.81 Å². The maximum absolute atomic E-state index is 5.94. The molecule has 1 aromatic carbocycles. The van der Waals surface area contributed by atoms with E-state index in [1.807, 2.05) is 26.0 Å². The topological polar surface area (TPSA) is 18.5 Å². The highest BCUT2D eigenvalue weighted by atomic mass is 31.1. The molecule has 0 heterocycles. The molecule has 0 N–H and O–H groups in total. The van der Waals surface area contributed by atoms with Gasteiger partial charge in [0.15, 0.2) is 0 Å². The van der Waals surface area contributed by atoms with E-state index in [-0.39, 0.29) is 10.9 Å². The van der Waals surface area contributed by atoms with E-state index < -0.39 is 0 Å². The minimum atomic E-state index is -0.289. The third kappa shape index (κ3) is 9.02. The number of hydrogen-bond acceptors (Lipinski definition) is 2. The highest BCUT2D eigenvalue weighted by Gasteiger charge is 2.24. The van der Waals surface area contributed by atoms with Gasteiger partial charge < -0.3 is 9.26 Å². The van der Waals surface area contributed by atoms with Crippen molar-refractivity contribution in [3.8, 4) is 5.75 Å². The Morgan fingerprint density at radius 3 is 1.79 bits per heavy atom. The molecule has 0 amide bonds. The monoisotopic (exact) mass is 284 g/mol. The third-order valence-corrected chi connectivity index (χ3v) is 3.31. The van der Waals surface area contributed by atoms with Gasteiger partial charge in [0.2, 0.25) is 0 Å². The Morgan fingerprint density at radius 2 is 1.37 bits per heavy atom. The second-order valence-corrected chi connectivity index (χ2v) is 7.35. The molecule has 0 bridgehead atoms. The van der Waals surface area contributed by atoms with Gasteiger partial charge in [-0.2, -0.15) is 0 Å². The average Bonchev–Trinajstić information content (AvgIpc) is 2.32. The van der Waals surface area contributed by atoms with Gasteiger partial charge in [0.1, 0.15) is 11.1 Å². The van der Waals surface area contributed by atoms with Crippen molar-refractivity contribution in [2.75, 3.05) is 0 Å². The van der Waals surface area contributed by atoms with E-state index in [9.17, 15) is 0 Å². The van der Waals surface area contributed by atoms with Gasteiger partial charge in [-0.05, 0) is 53.7 Å². The van der Waals surface area contributed by atoms with Gasteiger partial charge in [-0.1, -0.05) is 31.5 Å². The summed E-state index contributed by atoms with van der Waals surface area (Å²) in [4.78, 5) is 0. The first-order chi connectivity index (χ1) is 8.68. The Kier molecular flexibility index (Phi) is 7.62. The Balaban J connectivity index is 0.00000154. The molecule has 1 unspecified atom stereocenters. The SMILES string of the molecule is CC.Cc1ccc(OC(C)(C)POC(C)(C)C)cc1. The summed E-state index contributed by atoms with van der Waals surface area (Å²) < 4.78 is 11.7. The van der Waals surface area contributed by atoms with Gasteiger partial charge in [0.25, 0.3) is 0 Å². The molecule has 0 aliphatic rings. The summed E-state index contributed by atoms with van der Waals surface area (Å²) in [6.45, 7) is 16.3. The Hall–Kier alpha value is -0.590. The molecule has 0 aliphatic heterocycles. The second-order valence-electron chi connectivity index (χ2n) is 5.74. The van der Waals surface area contributed by atoms with Crippen LogP contribution in [-0.4, -0.2) is 10.9 Å². The van der Waals surface area contributed by atoms with Crippen LogP contribution in [0.5, 0.6) is 5.75 Å². The summed E-state index contributed by atoms with van der Waals surface area (Å²) in [7, 11) is 0.311. The zero-order valence-electron chi connectivity index (χ0n) is 13.6. The fraction of sp³-hybridized carbons (Fsp3) is 0.625. The quantitative estimate of drug-likeness (QED) is 0.675. The standard InChI is InChI=1S/C14H23O2P.C2H6/c1-11-7-9-12(10-8-11)15-14(5,6)17-16-13(2,3)4;1-2/h7-10,17H,1-6H3;1-2H3. The maximum atomic E-state index is 5.94. The fourth-order valence-electron chi connectivity index (χ4n) is 1.20. The van der Waals surface area contributed by atoms with Crippen LogP contribution < -0.4 is 4.74 Å². The summed E-state index contributed by atoms with van der Waals surface area (Å²) in [5, 5.41) is -0.289. The zero-order chi connectivity index (χ0) is 15.1. The van der Waals surface area contributed by atoms with Crippen molar-refractivity contribution in [3.05, 3.63) is 29.8 Å². The van der Waals surface area contributed by atoms with E-state index in [0.717, 1.165) is 5.75 Å². The molecule has 0 saturated carbocycles. The number of hydrogen-bond donors (Lipinski definition) is 0. The lowest BCUT2D eigenvalue weighted by Gasteiger charge is -2.30. The van der Waals surface area contributed by atoms with Crippen molar-refractivity contribution in [2.24, 2.45) is 0 Å². The number of ether oxygens (including phenoxy) is 1. The maximum Gasteiger partial charge on any atom is 0.144 e. The minimum Gasteiger partial charge on any atom is -0.481 e. The average molecular weight is 284 g/mol. The molecule has 0 radical (unpaired) electrons. The van der Waals surface area contributed by atoms with Gasteiger partial charge in [0, 0.05) is 0 Å². The molecular weight excluding hydrogens is 255 g/mol. The summed E-state index contributed by atoms with van der Waals surface area (Å²) in [6, 6.07) is 8.11. The summed E-state index contributed by atoms with van der Waals surface area (Å²) in [5.41, 5.74) is 1.12. The Morgan fingerprint density at radius 1 is 0.895 bits per heavy atom. The molecule has 0 saturated heterocycles. The zero-order valence-corrected chi connectivity index (χ0v) is 14.6. The first-order valence-corrected chi connectivity index (χ1v) is 7.80. The van der Waals surface area contributed by atoms with Gasteiger partial charge >= 0.3 is 0 Å². The molecule has 2 nitrogen and oxygen atoms in total. The molecule has 0 fully saturated rings. The van der Waals surface area contributed by atoms with Crippen LogP contribution in [0.2, 0.25) is 0 Å².